The minimum Gasteiger partial charge on any atom is -0.434 e. The van der Waals surface area contributed by atoms with Crippen LogP contribution in [0.15, 0.2) is 48.5 Å². The van der Waals surface area contributed by atoms with Gasteiger partial charge in [-0.1, -0.05) is 12.1 Å². The maximum absolute atomic E-state index is 12.4. The van der Waals surface area contributed by atoms with Crippen LogP contribution in [0.3, 0.4) is 0 Å². The summed E-state index contributed by atoms with van der Waals surface area (Å²) in [6, 6.07) is 12.3. The van der Waals surface area contributed by atoms with Crippen molar-refractivity contribution in [3.8, 4) is 5.75 Å². The topological polar surface area (TPSA) is 87.7 Å². The quantitative estimate of drug-likeness (QED) is 0.744. The Morgan fingerprint density at radius 3 is 2.48 bits per heavy atom. The van der Waals surface area contributed by atoms with E-state index in [9.17, 15) is 23.2 Å². The van der Waals surface area contributed by atoms with Gasteiger partial charge in [-0.15, -0.1) is 0 Å². The molecule has 9 heteroatoms. The monoisotopic (exact) mass is 403 g/mol. The predicted molar refractivity (Wildman–Crippen MR) is 102 cm³/mol. The molecule has 0 unspecified atom stereocenters. The van der Waals surface area contributed by atoms with Crippen molar-refractivity contribution in [3.05, 3.63) is 54.1 Å². The van der Waals surface area contributed by atoms with Crippen molar-refractivity contribution in [2.45, 2.75) is 19.5 Å². The lowest BCUT2D eigenvalue weighted by Gasteiger charge is -2.16. The number of ether oxygens (including phenoxy) is 1. The molecule has 0 aromatic heterocycles. The highest BCUT2D eigenvalue weighted by Gasteiger charge is 2.21. The Kier molecular flexibility index (Phi) is 6.38. The molecule has 3 amide bonds. The number of para-hydroxylation sites is 1. The van der Waals surface area contributed by atoms with Crippen LogP contribution in [0.5, 0.6) is 5.75 Å². The number of alkyl halides is 2. The molecule has 1 aliphatic rings. The van der Waals surface area contributed by atoms with Crippen LogP contribution in [-0.2, 0) is 9.59 Å². The van der Waals surface area contributed by atoms with Gasteiger partial charge in [0.2, 0.25) is 11.8 Å². The number of carbonyl (C=O) groups is 3. The van der Waals surface area contributed by atoms with E-state index >= 15 is 0 Å². The minimum absolute atomic E-state index is 0.0700. The molecule has 152 valence electrons. The maximum Gasteiger partial charge on any atom is 0.387 e. The van der Waals surface area contributed by atoms with Gasteiger partial charge in [0.25, 0.3) is 5.91 Å². The molecule has 0 saturated carbocycles. The van der Waals surface area contributed by atoms with Crippen LogP contribution in [0.25, 0.3) is 0 Å². The number of benzene rings is 2. The molecular weight excluding hydrogens is 384 g/mol. The van der Waals surface area contributed by atoms with Crippen LogP contribution in [-0.4, -0.2) is 37.4 Å². The Hall–Kier alpha value is -3.49. The van der Waals surface area contributed by atoms with E-state index in [4.69, 9.17) is 0 Å². The summed E-state index contributed by atoms with van der Waals surface area (Å²) in [6.45, 7) is -2.74. The van der Waals surface area contributed by atoms with E-state index < -0.39 is 18.4 Å². The Morgan fingerprint density at radius 1 is 1.10 bits per heavy atom. The summed E-state index contributed by atoms with van der Waals surface area (Å²) < 4.78 is 29.2. The van der Waals surface area contributed by atoms with Gasteiger partial charge in [0.05, 0.1) is 12.1 Å². The molecule has 1 fully saturated rings. The van der Waals surface area contributed by atoms with E-state index in [1.165, 1.54) is 24.3 Å². The van der Waals surface area contributed by atoms with Gasteiger partial charge in [0.15, 0.2) is 0 Å². The lowest BCUT2D eigenvalue weighted by molar-refractivity contribution is -0.117. The van der Waals surface area contributed by atoms with Crippen molar-refractivity contribution in [1.82, 2.24) is 5.32 Å². The second-order valence-electron chi connectivity index (χ2n) is 6.30. The molecule has 1 saturated heterocycles. The smallest absolute Gasteiger partial charge is 0.387 e. The fourth-order valence-corrected chi connectivity index (χ4v) is 2.96. The third kappa shape index (κ3) is 5.28. The van der Waals surface area contributed by atoms with Gasteiger partial charge in [-0.25, -0.2) is 0 Å². The molecule has 7 nitrogen and oxygen atoms in total. The van der Waals surface area contributed by atoms with Crippen molar-refractivity contribution in [1.29, 1.82) is 0 Å². The van der Waals surface area contributed by atoms with E-state index in [-0.39, 0.29) is 23.8 Å². The number of amides is 3. The largest absolute Gasteiger partial charge is 0.434 e. The summed E-state index contributed by atoms with van der Waals surface area (Å²) in [5, 5.41) is 4.98. The highest BCUT2D eigenvalue weighted by molar-refractivity contribution is 6.01. The third-order valence-electron chi connectivity index (χ3n) is 4.29. The summed E-state index contributed by atoms with van der Waals surface area (Å²) >= 11 is 0. The minimum atomic E-state index is -3.06. The van der Waals surface area contributed by atoms with Crippen molar-refractivity contribution >= 4 is 29.1 Å². The van der Waals surface area contributed by atoms with Gasteiger partial charge in [0.1, 0.15) is 5.75 Å². The van der Waals surface area contributed by atoms with Crippen LogP contribution >= 0.6 is 0 Å². The number of halogens is 2. The van der Waals surface area contributed by atoms with Gasteiger partial charge in [-0.05, 0) is 42.8 Å². The second kappa shape index (κ2) is 9.13. The molecule has 0 radical (unpaired) electrons. The lowest BCUT2D eigenvalue weighted by atomic mass is 10.2. The number of hydrogen-bond acceptors (Lipinski definition) is 4. The number of nitrogens with one attached hydrogen (secondary N) is 2. The molecule has 2 aromatic rings. The van der Waals surface area contributed by atoms with E-state index in [1.807, 2.05) is 0 Å². The zero-order chi connectivity index (χ0) is 20.8. The van der Waals surface area contributed by atoms with Crippen molar-refractivity contribution in [2.75, 3.05) is 23.3 Å². The van der Waals surface area contributed by atoms with Gasteiger partial charge < -0.3 is 20.3 Å². The molecule has 2 N–H and O–H groups in total. The highest BCUT2D eigenvalue weighted by Crippen LogP contribution is 2.23. The number of nitrogens with zero attached hydrogens (tertiary/aromatic N) is 1. The Balaban J connectivity index is 1.53. The summed E-state index contributed by atoms with van der Waals surface area (Å²) in [7, 11) is 0. The molecule has 1 heterocycles. The normalized spacial score (nSPS) is 13.5. The van der Waals surface area contributed by atoms with Gasteiger partial charge in [-0.2, -0.15) is 8.78 Å². The lowest BCUT2D eigenvalue weighted by Crippen LogP contribution is -2.33. The SMILES string of the molecule is O=C(CNC(=O)c1ccccc1OC(F)F)Nc1ccc(N2CCCC2=O)cc1. The Labute approximate surface area is 165 Å². The fraction of sp³-hybridized carbons (Fsp3) is 0.250. The molecular formula is C20H19F2N3O4. The van der Waals surface area contributed by atoms with Crippen LogP contribution in [0.4, 0.5) is 20.2 Å². The van der Waals surface area contributed by atoms with Gasteiger partial charge in [0, 0.05) is 24.3 Å². The average molecular weight is 403 g/mol. The first-order valence-electron chi connectivity index (χ1n) is 8.96. The van der Waals surface area contributed by atoms with Gasteiger partial charge >= 0.3 is 6.61 Å². The molecule has 0 bridgehead atoms. The van der Waals surface area contributed by atoms with Crippen molar-refractivity contribution < 1.29 is 27.9 Å². The van der Waals surface area contributed by atoms with Gasteiger partial charge in [-0.3, -0.25) is 14.4 Å². The molecule has 3 rings (SSSR count). The number of hydrogen-bond donors (Lipinski definition) is 2. The van der Waals surface area contributed by atoms with E-state index in [0.29, 0.717) is 18.7 Å². The number of anilines is 2. The average Bonchev–Trinajstić information content (AvgIpc) is 3.12. The van der Waals surface area contributed by atoms with E-state index in [2.05, 4.69) is 15.4 Å². The first-order chi connectivity index (χ1) is 13.9. The van der Waals surface area contributed by atoms with Crippen molar-refractivity contribution in [2.24, 2.45) is 0 Å². The molecule has 0 aliphatic carbocycles. The summed E-state index contributed by atoms with van der Waals surface area (Å²) in [5.41, 5.74) is 1.16. The fourth-order valence-electron chi connectivity index (χ4n) is 2.96. The Morgan fingerprint density at radius 2 is 1.83 bits per heavy atom. The number of rotatable bonds is 7. The zero-order valence-corrected chi connectivity index (χ0v) is 15.4. The molecule has 0 spiro atoms. The van der Waals surface area contributed by atoms with Crippen LogP contribution in [0.1, 0.15) is 23.2 Å². The Bertz CT molecular complexity index is 903. The zero-order valence-electron chi connectivity index (χ0n) is 15.4. The van der Waals surface area contributed by atoms with Crippen LogP contribution < -0.4 is 20.3 Å². The standard InChI is InChI=1S/C20H19F2N3O4/c21-20(22)29-16-5-2-1-4-15(16)19(28)23-12-17(26)24-13-7-9-14(10-8-13)25-11-3-6-18(25)27/h1-2,4-5,7-10,20H,3,6,11-12H2,(H,23,28)(H,24,26). The highest BCUT2D eigenvalue weighted by atomic mass is 19.3. The first-order valence-corrected chi connectivity index (χ1v) is 8.96. The number of carbonyl (C=O) groups excluding carboxylic acids is 3. The molecule has 1 aliphatic heterocycles. The maximum atomic E-state index is 12.4. The summed E-state index contributed by atoms with van der Waals surface area (Å²) in [5.74, 6) is -1.40. The third-order valence-corrected chi connectivity index (χ3v) is 4.29. The summed E-state index contributed by atoms with van der Waals surface area (Å²) in [6.07, 6.45) is 1.35. The van der Waals surface area contributed by atoms with Crippen LogP contribution in [0.2, 0.25) is 0 Å². The second-order valence-corrected chi connectivity index (χ2v) is 6.30. The van der Waals surface area contributed by atoms with Crippen LogP contribution in [0, 0.1) is 0 Å². The molecule has 2 aromatic carbocycles. The molecule has 0 atom stereocenters. The van der Waals surface area contributed by atoms with Crippen molar-refractivity contribution in [3.63, 3.8) is 0 Å². The van der Waals surface area contributed by atoms with E-state index in [0.717, 1.165) is 12.1 Å². The first kappa shape index (κ1) is 20.2. The summed E-state index contributed by atoms with van der Waals surface area (Å²) in [4.78, 5) is 37.7. The predicted octanol–water partition coefficient (Wildman–Crippen LogP) is 2.78. The van der Waals surface area contributed by atoms with E-state index in [1.54, 1.807) is 29.2 Å². The molecule has 29 heavy (non-hydrogen) atoms.